The highest BCUT2D eigenvalue weighted by molar-refractivity contribution is 5.94. The zero-order valence-corrected chi connectivity index (χ0v) is 7.88. The highest BCUT2D eigenvalue weighted by Crippen LogP contribution is 2.32. The van der Waals surface area contributed by atoms with Gasteiger partial charge >= 0.3 is 0 Å². The Balaban J connectivity index is 2.55. The second-order valence-electron chi connectivity index (χ2n) is 3.76. The average Bonchev–Trinajstić information content (AvgIpc) is 2.65. The molecule has 0 N–H and O–H groups in total. The van der Waals surface area contributed by atoms with Gasteiger partial charge in [0.2, 0.25) is 0 Å². The molecule has 0 spiro atoms. The molecule has 0 radical (unpaired) electrons. The van der Waals surface area contributed by atoms with Crippen molar-refractivity contribution in [2.45, 2.75) is 12.8 Å². The number of hydrogen-bond acceptors (Lipinski definition) is 0. The Bertz CT molecular complexity index is 546. The maximum Gasteiger partial charge on any atom is 0.0321 e. The van der Waals surface area contributed by atoms with Gasteiger partial charge in [-0.1, -0.05) is 30.2 Å². The lowest BCUT2D eigenvalue weighted by Crippen LogP contribution is -1.82. The normalized spacial score (nSPS) is 13.1. The van der Waals surface area contributed by atoms with Crippen LogP contribution in [0.5, 0.6) is 0 Å². The second kappa shape index (κ2) is 2.62. The largest absolute Gasteiger partial charge is 0.115 e. The maximum atomic E-state index is 5.49. The maximum absolute atomic E-state index is 5.49. The molecule has 0 fully saturated rings. The van der Waals surface area contributed by atoms with Crippen LogP contribution in [0, 0.1) is 12.3 Å². The summed E-state index contributed by atoms with van der Waals surface area (Å²) in [6, 6.07) is 10.7. The summed E-state index contributed by atoms with van der Waals surface area (Å²) >= 11 is 0. The Hall–Kier alpha value is -1.74. The van der Waals surface area contributed by atoms with Crippen molar-refractivity contribution < 1.29 is 0 Å². The first kappa shape index (κ1) is 7.64. The van der Waals surface area contributed by atoms with Gasteiger partial charge in [0.1, 0.15) is 0 Å². The lowest BCUT2D eigenvalue weighted by Gasteiger charge is -2.03. The first-order valence-corrected chi connectivity index (χ1v) is 4.90. The van der Waals surface area contributed by atoms with Crippen LogP contribution in [-0.4, -0.2) is 0 Å². The zero-order valence-electron chi connectivity index (χ0n) is 7.88. The van der Waals surface area contributed by atoms with E-state index in [1.165, 1.54) is 34.7 Å². The molecule has 0 saturated heterocycles. The van der Waals surface area contributed by atoms with Gasteiger partial charge in [0.05, 0.1) is 0 Å². The Morgan fingerprint density at radius 2 is 1.79 bits per heavy atom. The molecule has 0 bridgehead atoms. The molecule has 0 unspecified atom stereocenters. The average molecular weight is 178 g/mol. The predicted molar refractivity (Wildman–Crippen MR) is 59.3 cm³/mol. The summed E-state index contributed by atoms with van der Waals surface area (Å²) < 4.78 is 0. The van der Waals surface area contributed by atoms with Crippen LogP contribution in [0.4, 0.5) is 0 Å². The van der Waals surface area contributed by atoms with E-state index < -0.39 is 0 Å². The molecule has 66 valence electrons. The molecule has 0 nitrogen and oxygen atoms in total. The molecule has 0 heteroatoms. The fraction of sp³-hybridized carbons (Fsp3) is 0.143. The number of hydrogen-bond donors (Lipinski definition) is 0. The van der Waals surface area contributed by atoms with Gasteiger partial charge in [-0.2, -0.15) is 0 Å². The molecule has 1 aliphatic rings. The summed E-state index contributed by atoms with van der Waals surface area (Å²) in [5, 5.41) is 2.66. The SMILES string of the molecule is C#Cc1ccc2c3c(cccc13)CC2. The van der Waals surface area contributed by atoms with E-state index in [-0.39, 0.29) is 0 Å². The molecular formula is C14H10. The molecule has 2 aromatic carbocycles. The fourth-order valence-corrected chi connectivity index (χ4v) is 2.37. The smallest absolute Gasteiger partial charge is 0.0321 e. The van der Waals surface area contributed by atoms with Crippen molar-refractivity contribution in [3.05, 3.63) is 47.0 Å². The number of terminal acetylenes is 1. The lowest BCUT2D eigenvalue weighted by atomic mass is 10.0. The summed E-state index contributed by atoms with van der Waals surface area (Å²) in [7, 11) is 0. The summed E-state index contributed by atoms with van der Waals surface area (Å²) in [5.74, 6) is 2.75. The van der Waals surface area contributed by atoms with Crippen LogP contribution in [0.15, 0.2) is 30.3 Å². The number of benzene rings is 2. The van der Waals surface area contributed by atoms with Crippen molar-refractivity contribution in [3.63, 3.8) is 0 Å². The van der Waals surface area contributed by atoms with Crippen molar-refractivity contribution in [3.8, 4) is 12.3 Å². The lowest BCUT2D eigenvalue weighted by molar-refractivity contribution is 1.02. The first-order chi connectivity index (χ1) is 6.90. The molecule has 0 aliphatic heterocycles. The summed E-state index contributed by atoms with van der Waals surface area (Å²) in [6.45, 7) is 0. The predicted octanol–water partition coefficient (Wildman–Crippen LogP) is 2.92. The standard InChI is InChI=1S/C14H10/c1-2-10-6-7-12-9-8-11-4-3-5-13(10)14(11)12/h1,3-7H,8-9H2. The van der Waals surface area contributed by atoms with E-state index in [0.717, 1.165) is 5.56 Å². The summed E-state index contributed by atoms with van der Waals surface area (Å²) in [5.41, 5.74) is 3.93. The van der Waals surface area contributed by atoms with Gasteiger partial charge in [-0.3, -0.25) is 0 Å². The summed E-state index contributed by atoms with van der Waals surface area (Å²) in [6.07, 6.45) is 7.82. The van der Waals surface area contributed by atoms with Crippen LogP contribution in [0.3, 0.4) is 0 Å². The molecule has 14 heavy (non-hydrogen) atoms. The monoisotopic (exact) mass is 178 g/mol. The summed E-state index contributed by atoms with van der Waals surface area (Å²) in [4.78, 5) is 0. The van der Waals surface area contributed by atoms with Gasteiger partial charge in [0.15, 0.2) is 0 Å². The third-order valence-electron chi connectivity index (χ3n) is 3.03. The van der Waals surface area contributed by atoms with Crippen molar-refractivity contribution >= 4 is 10.8 Å². The van der Waals surface area contributed by atoms with E-state index in [9.17, 15) is 0 Å². The molecule has 0 aromatic heterocycles. The Morgan fingerprint density at radius 1 is 1.00 bits per heavy atom. The number of rotatable bonds is 0. The van der Waals surface area contributed by atoms with Crippen LogP contribution < -0.4 is 0 Å². The topological polar surface area (TPSA) is 0 Å². The minimum atomic E-state index is 1.02. The van der Waals surface area contributed by atoms with E-state index >= 15 is 0 Å². The van der Waals surface area contributed by atoms with Gasteiger partial charge in [-0.05, 0) is 40.8 Å². The van der Waals surface area contributed by atoms with E-state index in [0.29, 0.717) is 0 Å². The Morgan fingerprint density at radius 3 is 2.57 bits per heavy atom. The van der Waals surface area contributed by atoms with Crippen LogP contribution in [-0.2, 0) is 12.8 Å². The van der Waals surface area contributed by atoms with E-state index in [1.54, 1.807) is 0 Å². The van der Waals surface area contributed by atoms with Crippen LogP contribution in [0.25, 0.3) is 10.8 Å². The molecule has 0 amide bonds. The van der Waals surface area contributed by atoms with Crippen molar-refractivity contribution in [1.29, 1.82) is 0 Å². The highest BCUT2D eigenvalue weighted by Gasteiger charge is 2.14. The molecule has 2 aromatic rings. The Kier molecular flexibility index (Phi) is 1.43. The molecule has 0 saturated carbocycles. The number of aryl methyl sites for hydroxylation is 2. The molecule has 3 rings (SSSR count). The quantitative estimate of drug-likeness (QED) is 0.544. The zero-order chi connectivity index (χ0) is 9.54. The van der Waals surface area contributed by atoms with Crippen molar-refractivity contribution in [2.24, 2.45) is 0 Å². The molecule has 0 heterocycles. The van der Waals surface area contributed by atoms with E-state index in [2.05, 4.69) is 36.3 Å². The minimum absolute atomic E-state index is 1.02. The van der Waals surface area contributed by atoms with Crippen LogP contribution in [0.2, 0.25) is 0 Å². The molecule has 1 aliphatic carbocycles. The van der Waals surface area contributed by atoms with Gasteiger partial charge in [0.25, 0.3) is 0 Å². The first-order valence-electron chi connectivity index (χ1n) is 4.90. The van der Waals surface area contributed by atoms with Gasteiger partial charge in [-0.15, -0.1) is 6.42 Å². The van der Waals surface area contributed by atoms with Crippen LogP contribution >= 0.6 is 0 Å². The molecule has 0 atom stereocenters. The molecular weight excluding hydrogens is 168 g/mol. The highest BCUT2D eigenvalue weighted by atomic mass is 14.2. The second-order valence-corrected chi connectivity index (χ2v) is 3.76. The van der Waals surface area contributed by atoms with Gasteiger partial charge in [0, 0.05) is 5.56 Å². The van der Waals surface area contributed by atoms with Crippen molar-refractivity contribution in [1.82, 2.24) is 0 Å². The van der Waals surface area contributed by atoms with Gasteiger partial charge < -0.3 is 0 Å². The Labute approximate surface area is 83.6 Å². The van der Waals surface area contributed by atoms with Crippen LogP contribution in [0.1, 0.15) is 16.7 Å². The van der Waals surface area contributed by atoms with E-state index in [4.69, 9.17) is 6.42 Å². The van der Waals surface area contributed by atoms with Gasteiger partial charge in [-0.25, -0.2) is 0 Å². The fourth-order valence-electron chi connectivity index (χ4n) is 2.37. The van der Waals surface area contributed by atoms with Crippen molar-refractivity contribution in [2.75, 3.05) is 0 Å². The minimum Gasteiger partial charge on any atom is -0.115 e. The van der Waals surface area contributed by atoms with E-state index in [1.807, 2.05) is 0 Å². The third-order valence-corrected chi connectivity index (χ3v) is 3.03. The third kappa shape index (κ3) is 0.845.